The third-order valence-electron chi connectivity index (χ3n) is 6.33. The van der Waals surface area contributed by atoms with Gasteiger partial charge in [0.15, 0.2) is 5.96 Å². The fraction of sp³-hybridized carbons (Fsp3) is 0.667. The van der Waals surface area contributed by atoms with E-state index in [9.17, 15) is 4.79 Å². The average molecular weight is 430 g/mol. The van der Waals surface area contributed by atoms with E-state index in [1.165, 1.54) is 5.56 Å². The lowest BCUT2D eigenvalue weighted by Gasteiger charge is -2.37. The van der Waals surface area contributed by atoms with E-state index in [0.29, 0.717) is 25.2 Å². The number of likely N-dealkylation sites (N-methyl/N-ethyl adjacent to an activating group) is 1. The van der Waals surface area contributed by atoms with Gasteiger partial charge in [-0.2, -0.15) is 0 Å². The Labute approximate surface area is 187 Å². The van der Waals surface area contributed by atoms with Crippen LogP contribution in [0.3, 0.4) is 0 Å². The highest BCUT2D eigenvalue weighted by Crippen LogP contribution is 2.20. The molecule has 0 saturated carbocycles. The number of nitrogens with one attached hydrogen (secondary N) is 1. The second-order valence-corrected chi connectivity index (χ2v) is 8.64. The lowest BCUT2D eigenvalue weighted by Crippen LogP contribution is -2.50. The van der Waals surface area contributed by atoms with Crippen molar-refractivity contribution in [2.45, 2.75) is 39.3 Å². The highest BCUT2D eigenvalue weighted by molar-refractivity contribution is 5.82. The molecule has 0 aromatic heterocycles. The quantitative estimate of drug-likeness (QED) is 0.531. The smallest absolute Gasteiger partial charge is 0.225 e. The Morgan fingerprint density at radius 2 is 1.84 bits per heavy atom. The molecule has 1 aromatic rings. The van der Waals surface area contributed by atoms with E-state index >= 15 is 0 Å². The monoisotopic (exact) mass is 429 g/mol. The standard InChI is InChI=1S/C24H39N5O2/c1-4-25-24(26-18-20(2)27(3)19-21-8-6-5-7-9-21)29-12-10-22(11-13-29)23(30)28-14-16-31-17-15-28/h5-9,20,22H,4,10-19H2,1-3H3,(H,25,26). The van der Waals surface area contributed by atoms with Crippen molar-refractivity contribution in [2.24, 2.45) is 10.9 Å². The molecule has 2 aliphatic heterocycles. The Morgan fingerprint density at radius 3 is 2.48 bits per heavy atom. The number of morpholine rings is 1. The molecular formula is C24H39N5O2. The number of carbonyl (C=O) groups is 1. The van der Waals surface area contributed by atoms with E-state index in [1.807, 2.05) is 4.90 Å². The van der Waals surface area contributed by atoms with Gasteiger partial charge in [-0.05, 0) is 39.3 Å². The second kappa shape index (κ2) is 12.1. The fourth-order valence-electron chi connectivity index (χ4n) is 4.19. The van der Waals surface area contributed by atoms with E-state index in [1.54, 1.807) is 0 Å². The number of benzene rings is 1. The van der Waals surface area contributed by atoms with Crippen molar-refractivity contribution in [3.8, 4) is 0 Å². The van der Waals surface area contributed by atoms with Gasteiger partial charge in [-0.1, -0.05) is 30.3 Å². The van der Waals surface area contributed by atoms with Crippen molar-refractivity contribution in [1.82, 2.24) is 20.0 Å². The Hall–Kier alpha value is -2.12. The Balaban J connectivity index is 1.50. The second-order valence-electron chi connectivity index (χ2n) is 8.64. The van der Waals surface area contributed by atoms with Gasteiger partial charge in [-0.3, -0.25) is 14.7 Å². The summed E-state index contributed by atoms with van der Waals surface area (Å²) in [5.41, 5.74) is 1.32. The summed E-state index contributed by atoms with van der Waals surface area (Å²) in [6.45, 7) is 11.4. The summed E-state index contributed by atoms with van der Waals surface area (Å²) in [7, 11) is 2.16. The van der Waals surface area contributed by atoms with Crippen LogP contribution in [0.5, 0.6) is 0 Å². The van der Waals surface area contributed by atoms with Gasteiger partial charge >= 0.3 is 0 Å². The molecule has 1 N–H and O–H groups in total. The van der Waals surface area contributed by atoms with E-state index in [0.717, 1.165) is 64.6 Å². The molecule has 0 bridgehead atoms. The molecule has 172 valence electrons. The normalized spacial score (nSPS) is 19.5. The summed E-state index contributed by atoms with van der Waals surface area (Å²) in [6.07, 6.45) is 1.79. The number of amides is 1. The molecule has 1 unspecified atom stereocenters. The maximum absolute atomic E-state index is 12.8. The molecule has 1 aromatic carbocycles. The van der Waals surface area contributed by atoms with Crippen molar-refractivity contribution in [3.63, 3.8) is 0 Å². The van der Waals surface area contributed by atoms with Crippen LogP contribution in [-0.4, -0.2) is 92.1 Å². The predicted molar refractivity (Wildman–Crippen MR) is 125 cm³/mol. The third kappa shape index (κ3) is 6.94. The molecule has 31 heavy (non-hydrogen) atoms. The minimum Gasteiger partial charge on any atom is -0.378 e. The molecule has 0 aliphatic carbocycles. The van der Waals surface area contributed by atoms with Crippen molar-refractivity contribution >= 4 is 11.9 Å². The van der Waals surface area contributed by atoms with Crippen LogP contribution < -0.4 is 5.32 Å². The summed E-state index contributed by atoms with van der Waals surface area (Å²) < 4.78 is 5.38. The van der Waals surface area contributed by atoms with Crippen LogP contribution in [0, 0.1) is 5.92 Å². The maximum Gasteiger partial charge on any atom is 0.225 e. The summed E-state index contributed by atoms with van der Waals surface area (Å²) in [6, 6.07) is 10.9. The Morgan fingerprint density at radius 1 is 1.16 bits per heavy atom. The van der Waals surface area contributed by atoms with Crippen LogP contribution in [-0.2, 0) is 16.1 Å². The molecule has 0 spiro atoms. The van der Waals surface area contributed by atoms with E-state index < -0.39 is 0 Å². The van der Waals surface area contributed by atoms with Gasteiger partial charge < -0.3 is 19.9 Å². The number of guanidine groups is 1. The Bertz CT molecular complexity index is 697. The van der Waals surface area contributed by atoms with Gasteiger partial charge in [0, 0.05) is 51.2 Å². The third-order valence-corrected chi connectivity index (χ3v) is 6.33. The number of piperidine rings is 1. The van der Waals surface area contributed by atoms with Crippen molar-refractivity contribution in [3.05, 3.63) is 35.9 Å². The lowest BCUT2D eigenvalue weighted by atomic mass is 9.95. The number of likely N-dealkylation sites (tertiary alicyclic amines) is 1. The summed E-state index contributed by atoms with van der Waals surface area (Å²) in [4.78, 5) is 24.4. The molecule has 2 aliphatic rings. The number of nitrogens with zero attached hydrogens (tertiary/aromatic N) is 4. The number of rotatable bonds is 7. The first-order chi connectivity index (χ1) is 15.1. The van der Waals surface area contributed by atoms with Gasteiger partial charge in [-0.25, -0.2) is 0 Å². The van der Waals surface area contributed by atoms with Crippen LogP contribution in [0.25, 0.3) is 0 Å². The first-order valence-corrected chi connectivity index (χ1v) is 11.7. The van der Waals surface area contributed by atoms with E-state index in [2.05, 4.69) is 66.3 Å². The average Bonchev–Trinajstić information content (AvgIpc) is 2.82. The molecule has 2 heterocycles. The van der Waals surface area contributed by atoms with Crippen LogP contribution in [0.2, 0.25) is 0 Å². The van der Waals surface area contributed by atoms with Gasteiger partial charge in [-0.15, -0.1) is 0 Å². The maximum atomic E-state index is 12.8. The zero-order valence-corrected chi connectivity index (χ0v) is 19.4. The molecule has 2 fully saturated rings. The zero-order valence-electron chi connectivity index (χ0n) is 19.4. The van der Waals surface area contributed by atoms with Gasteiger partial charge in [0.05, 0.1) is 19.8 Å². The SMILES string of the molecule is CCNC(=NCC(C)N(C)Cc1ccccc1)N1CCC(C(=O)N2CCOCC2)CC1. The van der Waals surface area contributed by atoms with Gasteiger partial charge in [0.25, 0.3) is 0 Å². The van der Waals surface area contributed by atoms with E-state index in [4.69, 9.17) is 9.73 Å². The lowest BCUT2D eigenvalue weighted by molar-refractivity contribution is -0.140. The Kier molecular flexibility index (Phi) is 9.15. The number of hydrogen-bond donors (Lipinski definition) is 1. The van der Waals surface area contributed by atoms with Crippen molar-refractivity contribution < 1.29 is 9.53 Å². The minimum atomic E-state index is 0.133. The van der Waals surface area contributed by atoms with Crippen LogP contribution >= 0.6 is 0 Å². The summed E-state index contributed by atoms with van der Waals surface area (Å²) in [5, 5.41) is 3.45. The number of aliphatic imine (C=N–C) groups is 1. The molecule has 2 saturated heterocycles. The first kappa shape index (κ1) is 23.5. The molecule has 7 heteroatoms. The molecule has 3 rings (SSSR count). The fourth-order valence-corrected chi connectivity index (χ4v) is 4.19. The van der Waals surface area contributed by atoms with E-state index in [-0.39, 0.29) is 5.92 Å². The van der Waals surface area contributed by atoms with Gasteiger partial charge in [0.2, 0.25) is 5.91 Å². The highest BCUT2D eigenvalue weighted by atomic mass is 16.5. The van der Waals surface area contributed by atoms with Crippen LogP contribution in [0.4, 0.5) is 0 Å². The van der Waals surface area contributed by atoms with Crippen molar-refractivity contribution in [1.29, 1.82) is 0 Å². The highest BCUT2D eigenvalue weighted by Gasteiger charge is 2.30. The first-order valence-electron chi connectivity index (χ1n) is 11.7. The topological polar surface area (TPSA) is 60.4 Å². The molecule has 7 nitrogen and oxygen atoms in total. The molecule has 1 atom stereocenters. The van der Waals surface area contributed by atoms with Gasteiger partial charge in [0.1, 0.15) is 0 Å². The molecular weight excluding hydrogens is 390 g/mol. The minimum absolute atomic E-state index is 0.133. The number of ether oxygens (including phenoxy) is 1. The van der Waals surface area contributed by atoms with Crippen LogP contribution in [0.15, 0.2) is 35.3 Å². The predicted octanol–water partition coefficient (Wildman–Crippen LogP) is 2.04. The molecule has 0 radical (unpaired) electrons. The summed E-state index contributed by atoms with van der Waals surface area (Å²) in [5.74, 6) is 1.41. The number of carbonyl (C=O) groups excluding carboxylic acids is 1. The zero-order chi connectivity index (χ0) is 22.1. The summed E-state index contributed by atoms with van der Waals surface area (Å²) >= 11 is 0. The molecule has 1 amide bonds. The van der Waals surface area contributed by atoms with Crippen molar-refractivity contribution in [2.75, 3.05) is 59.5 Å². The number of hydrogen-bond acceptors (Lipinski definition) is 4. The largest absolute Gasteiger partial charge is 0.378 e. The van der Waals surface area contributed by atoms with Crippen LogP contribution in [0.1, 0.15) is 32.3 Å².